The zero-order valence-corrected chi connectivity index (χ0v) is 26.1. The van der Waals surface area contributed by atoms with Crippen molar-refractivity contribution in [3.8, 4) is 11.8 Å². The van der Waals surface area contributed by atoms with Crippen LogP contribution in [0, 0.1) is 11.3 Å². The van der Waals surface area contributed by atoms with Crippen molar-refractivity contribution in [2.45, 2.75) is 25.7 Å². The largest absolute Gasteiger partial charge is 0.488 e. The Hall–Kier alpha value is -5.18. The minimum absolute atomic E-state index is 0.0541. The van der Waals surface area contributed by atoms with Gasteiger partial charge in [0.15, 0.2) is 10.5 Å². The third-order valence-corrected chi connectivity index (χ3v) is 8.74. The lowest BCUT2D eigenvalue weighted by molar-refractivity contribution is -0.140. The first-order valence-electron chi connectivity index (χ1n) is 14.3. The molecular formula is C35H23ClF3N3O4S. The second-order valence-electron chi connectivity index (χ2n) is 10.4. The lowest BCUT2D eigenvalue weighted by atomic mass is 9.95. The third kappa shape index (κ3) is 6.17. The zero-order chi connectivity index (χ0) is 33.3. The molecular weight excluding hydrogens is 651 g/mol. The number of alkyl halides is 3. The summed E-state index contributed by atoms with van der Waals surface area (Å²) in [6.45, 7) is 1.34. The number of fused-ring (bicyclic) bond motifs is 2. The normalized spacial score (nSPS) is 14.8. The van der Waals surface area contributed by atoms with Crippen molar-refractivity contribution in [3.63, 3.8) is 0 Å². The Balaban J connectivity index is 1.58. The molecule has 6 rings (SSSR count). The molecule has 0 bridgehead atoms. The van der Waals surface area contributed by atoms with Gasteiger partial charge >= 0.3 is 12.1 Å². The van der Waals surface area contributed by atoms with Crippen molar-refractivity contribution in [1.29, 1.82) is 5.26 Å². The summed E-state index contributed by atoms with van der Waals surface area (Å²) in [6, 6.07) is 24.4. The van der Waals surface area contributed by atoms with Gasteiger partial charge in [-0.15, -0.1) is 0 Å². The Morgan fingerprint density at radius 3 is 2.51 bits per heavy atom. The lowest BCUT2D eigenvalue weighted by Crippen LogP contribution is -2.41. The number of esters is 1. The molecule has 1 aliphatic heterocycles. The van der Waals surface area contributed by atoms with Crippen LogP contribution < -0.4 is 19.6 Å². The molecule has 0 fully saturated rings. The number of halogens is 4. The van der Waals surface area contributed by atoms with E-state index >= 15 is 0 Å². The Kier molecular flexibility index (Phi) is 8.73. The highest BCUT2D eigenvalue weighted by atomic mass is 35.5. The first-order chi connectivity index (χ1) is 22.6. The molecule has 236 valence electrons. The van der Waals surface area contributed by atoms with E-state index < -0.39 is 35.0 Å². The minimum Gasteiger partial charge on any atom is -0.488 e. The number of benzene rings is 4. The first-order valence-corrected chi connectivity index (χ1v) is 15.5. The van der Waals surface area contributed by atoms with E-state index in [1.54, 1.807) is 36.4 Å². The van der Waals surface area contributed by atoms with Crippen molar-refractivity contribution in [2.24, 2.45) is 4.99 Å². The molecule has 4 aromatic carbocycles. The fourth-order valence-corrected chi connectivity index (χ4v) is 6.50. The van der Waals surface area contributed by atoms with Gasteiger partial charge in [0.05, 0.1) is 34.4 Å². The van der Waals surface area contributed by atoms with E-state index in [1.807, 2.05) is 30.3 Å². The molecule has 0 spiro atoms. The fraction of sp³-hybridized carbons (Fsp3) is 0.143. The number of rotatable bonds is 7. The van der Waals surface area contributed by atoms with Crippen LogP contribution in [0.25, 0.3) is 16.8 Å². The van der Waals surface area contributed by atoms with Crippen LogP contribution in [0.15, 0.2) is 106 Å². The van der Waals surface area contributed by atoms with Gasteiger partial charge in [-0.25, -0.2) is 9.79 Å². The van der Waals surface area contributed by atoms with E-state index in [0.29, 0.717) is 27.5 Å². The van der Waals surface area contributed by atoms with Crippen LogP contribution in [0.4, 0.5) is 13.2 Å². The van der Waals surface area contributed by atoms with Crippen LogP contribution >= 0.6 is 22.9 Å². The number of aromatic nitrogens is 1. The molecule has 12 heteroatoms. The average molecular weight is 674 g/mol. The van der Waals surface area contributed by atoms with Gasteiger partial charge in [-0.3, -0.25) is 9.36 Å². The monoisotopic (exact) mass is 673 g/mol. The van der Waals surface area contributed by atoms with Gasteiger partial charge in [-0.05, 0) is 53.6 Å². The Labute approximate surface area is 274 Å². The molecule has 0 radical (unpaired) electrons. The predicted molar refractivity (Wildman–Crippen MR) is 172 cm³/mol. The zero-order valence-electron chi connectivity index (χ0n) is 24.5. The van der Waals surface area contributed by atoms with E-state index in [2.05, 4.69) is 11.1 Å². The summed E-state index contributed by atoms with van der Waals surface area (Å²) >= 11 is 6.83. The number of carbonyl (C=O) groups excluding carboxylic acids is 1. The van der Waals surface area contributed by atoms with Crippen LogP contribution in [0.5, 0.6) is 5.75 Å². The van der Waals surface area contributed by atoms with Gasteiger partial charge in [0.25, 0.3) is 5.56 Å². The van der Waals surface area contributed by atoms with E-state index in [0.717, 1.165) is 26.7 Å². The van der Waals surface area contributed by atoms with Crippen LogP contribution in [-0.4, -0.2) is 23.3 Å². The summed E-state index contributed by atoms with van der Waals surface area (Å²) in [6.07, 6.45) is -3.48. The van der Waals surface area contributed by atoms with Crippen LogP contribution in [-0.2, 0) is 16.1 Å². The van der Waals surface area contributed by atoms with Crippen molar-refractivity contribution < 1.29 is 27.4 Å². The van der Waals surface area contributed by atoms with E-state index in [1.165, 1.54) is 31.2 Å². The number of hydrogen-bond donors (Lipinski definition) is 0. The molecule has 0 N–H and O–H groups in total. The number of allylic oxidation sites excluding steroid dienone is 1. The van der Waals surface area contributed by atoms with Gasteiger partial charge in [0, 0.05) is 16.1 Å². The molecule has 0 amide bonds. The van der Waals surface area contributed by atoms with Gasteiger partial charge in [-0.2, -0.15) is 18.4 Å². The standard InChI is InChI=1S/C35H23ClF3N3O4S/c1-2-45-33(44)29-30(21-11-14-24(36)15-12-21)42-32(43)28(47-34(42)41-31(29)35(37,38)39)17-26-25-10-6-5-7-20(25)13-16-27(26)46-19-23-9-4-3-8-22(23)18-40/h3-17,30H,2,19H2,1H3/b28-17-/t30-/m1/s1. The van der Waals surface area contributed by atoms with Crippen LogP contribution in [0.1, 0.15) is 35.2 Å². The van der Waals surface area contributed by atoms with Gasteiger partial charge in [-0.1, -0.05) is 83.6 Å². The Morgan fingerprint density at radius 1 is 1.06 bits per heavy atom. The van der Waals surface area contributed by atoms with Gasteiger partial charge in [0.1, 0.15) is 12.4 Å². The van der Waals surface area contributed by atoms with E-state index in [-0.39, 0.29) is 28.1 Å². The average Bonchev–Trinajstić information content (AvgIpc) is 3.38. The lowest BCUT2D eigenvalue weighted by Gasteiger charge is -2.26. The maximum absolute atomic E-state index is 14.5. The summed E-state index contributed by atoms with van der Waals surface area (Å²) in [5, 5.41) is 11.4. The molecule has 1 atom stereocenters. The molecule has 0 unspecified atom stereocenters. The third-order valence-electron chi connectivity index (χ3n) is 7.51. The summed E-state index contributed by atoms with van der Waals surface area (Å²) < 4.78 is 55.8. The molecule has 1 aromatic heterocycles. The van der Waals surface area contributed by atoms with Crippen LogP contribution in [0.3, 0.4) is 0 Å². The highest BCUT2D eigenvalue weighted by molar-refractivity contribution is 7.07. The van der Waals surface area contributed by atoms with Gasteiger partial charge < -0.3 is 9.47 Å². The number of ether oxygens (including phenoxy) is 2. The number of carbonyl (C=O) groups is 1. The topological polar surface area (TPSA) is 93.7 Å². The Bertz CT molecular complexity index is 2290. The number of thiazole rings is 1. The molecule has 0 aliphatic carbocycles. The number of hydrogen-bond acceptors (Lipinski definition) is 7. The maximum atomic E-state index is 14.5. The molecule has 5 aromatic rings. The maximum Gasteiger partial charge on any atom is 0.434 e. The number of nitriles is 1. The van der Waals surface area contributed by atoms with E-state index in [9.17, 15) is 28.0 Å². The molecule has 47 heavy (non-hydrogen) atoms. The van der Waals surface area contributed by atoms with Gasteiger partial charge in [0.2, 0.25) is 0 Å². The van der Waals surface area contributed by atoms with E-state index in [4.69, 9.17) is 21.1 Å². The minimum atomic E-state index is -5.03. The van der Waals surface area contributed by atoms with Crippen molar-refractivity contribution >= 4 is 45.8 Å². The van der Waals surface area contributed by atoms with Crippen molar-refractivity contribution in [2.75, 3.05) is 6.61 Å². The van der Waals surface area contributed by atoms with Crippen molar-refractivity contribution in [3.05, 3.63) is 143 Å². The number of nitrogens with zero attached hydrogens (tertiary/aromatic N) is 3. The summed E-state index contributed by atoms with van der Waals surface area (Å²) in [5.74, 6) is -0.847. The summed E-state index contributed by atoms with van der Waals surface area (Å²) in [4.78, 5) is 30.9. The first kappa shape index (κ1) is 31.8. The second kappa shape index (κ2) is 12.9. The smallest absolute Gasteiger partial charge is 0.434 e. The molecule has 2 heterocycles. The molecule has 1 aliphatic rings. The summed E-state index contributed by atoms with van der Waals surface area (Å²) in [5.41, 5.74) is -1.07. The molecule has 0 saturated heterocycles. The predicted octanol–water partition coefficient (Wildman–Crippen LogP) is 6.60. The Morgan fingerprint density at radius 2 is 1.79 bits per heavy atom. The highest BCUT2D eigenvalue weighted by Gasteiger charge is 2.45. The molecule has 7 nitrogen and oxygen atoms in total. The van der Waals surface area contributed by atoms with Crippen molar-refractivity contribution in [1.82, 2.24) is 4.57 Å². The van der Waals surface area contributed by atoms with Crippen LogP contribution in [0.2, 0.25) is 5.02 Å². The second-order valence-corrected chi connectivity index (χ2v) is 11.8. The summed E-state index contributed by atoms with van der Waals surface area (Å²) in [7, 11) is 0. The SMILES string of the molecule is CCOC(=O)C1=C(C(F)(F)F)N=c2s/c(=C\c3c(OCc4ccccc4C#N)ccc4ccccc34)c(=O)n2[C@@H]1c1ccc(Cl)cc1. The molecule has 0 saturated carbocycles. The fourth-order valence-electron chi connectivity index (χ4n) is 5.39. The highest BCUT2D eigenvalue weighted by Crippen LogP contribution is 2.38. The quantitative estimate of drug-likeness (QED) is 0.182.